The number of esters is 2. The molecule has 1 aliphatic heterocycles. The number of carbonyl (C=O) groups is 2. The van der Waals surface area contributed by atoms with Gasteiger partial charge in [0.1, 0.15) is 17.2 Å². The van der Waals surface area contributed by atoms with Gasteiger partial charge in [0.25, 0.3) is 0 Å². The van der Waals surface area contributed by atoms with Gasteiger partial charge in [-0.3, -0.25) is 0 Å². The Bertz CT molecular complexity index is 2140. The Morgan fingerprint density at radius 2 is 1.08 bits per heavy atom. The molecule has 2 aromatic carbocycles. The first-order valence-corrected chi connectivity index (χ1v) is 29.7. The van der Waals surface area contributed by atoms with E-state index in [1.54, 1.807) is 0 Å². The second-order valence-electron chi connectivity index (χ2n) is 19.6. The van der Waals surface area contributed by atoms with Gasteiger partial charge < -0.3 is 28.3 Å². The highest BCUT2D eigenvalue weighted by atomic mass is 127. The van der Waals surface area contributed by atoms with Gasteiger partial charge >= 0.3 is 19.1 Å². The normalized spacial score (nSPS) is 14.2. The van der Waals surface area contributed by atoms with Crippen molar-refractivity contribution in [1.29, 1.82) is 0 Å². The second-order valence-corrected chi connectivity index (χ2v) is 31.8. The fourth-order valence-electron chi connectivity index (χ4n) is 6.40. The van der Waals surface area contributed by atoms with Gasteiger partial charge in [-0.1, -0.05) is 64.4 Å². The Morgan fingerprint density at radius 1 is 0.651 bits per heavy atom. The van der Waals surface area contributed by atoms with Gasteiger partial charge in [0, 0.05) is 40.5 Å². The van der Waals surface area contributed by atoms with Crippen LogP contribution in [0.25, 0.3) is 11.3 Å². The Kier molecular flexibility index (Phi) is 20.8. The number of aryl methyl sites for hydroxylation is 6. The van der Waals surface area contributed by atoms with Crippen LogP contribution in [-0.4, -0.2) is 93.4 Å². The molecule has 5 rings (SSSR count). The van der Waals surface area contributed by atoms with E-state index < -0.39 is 34.5 Å². The van der Waals surface area contributed by atoms with E-state index >= 15 is 0 Å². The zero-order valence-electron chi connectivity index (χ0n) is 40.7. The monoisotopic (exact) mass is 1020 g/mol. The van der Waals surface area contributed by atoms with E-state index in [2.05, 4.69) is 79.0 Å². The van der Waals surface area contributed by atoms with Crippen molar-refractivity contribution in [2.24, 2.45) is 0 Å². The predicted molar refractivity (Wildman–Crippen MR) is 271 cm³/mol. The third-order valence-electron chi connectivity index (χ3n) is 11.1. The Balaban J connectivity index is 0.000000334. The van der Waals surface area contributed by atoms with E-state index in [0.717, 1.165) is 63.8 Å². The molecule has 1 saturated heterocycles. The largest absolute Gasteiger partial charge is 0.495 e. The first-order valence-electron chi connectivity index (χ1n) is 21.2. The van der Waals surface area contributed by atoms with Crippen LogP contribution in [0.1, 0.15) is 89.2 Å². The lowest BCUT2D eigenvalue weighted by Gasteiger charge is -2.32. The van der Waals surface area contributed by atoms with E-state index in [4.69, 9.17) is 28.3 Å². The lowest BCUT2D eigenvalue weighted by Crippen LogP contribution is -2.41. The zero-order chi connectivity index (χ0) is 47.0. The SMILES string of the molecule is C.COC(=O)c1cc(-c2c(C)cnn2COCC[Si](C)(C)C)c(C)cc1C.COC(=O)c1cc(B2OC(C)(C)C(C)(C)O2)c(C)cc1C.Cc1cnn(COCC[Si](C)(C)C)c1I. The molecule has 3 heterocycles. The van der Waals surface area contributed by atoms with Crippen LogP contribution in [0.4, 0.5) is 0 Å². The molecule has 0 N–H and O–H groups in total. The molecule has 16 heteroatoms. The highest BCUT2D eigenvalue weighted by molar-refractivity contribution is 14.1. The summed E-state index contributed by atoms with van der Waals surface area (Å²) < 4.78 is 38.3. The quantitative estimate of drug-likeness (QED) is 0.0522. The second kappa shape index (κ2) is 23.4. The highest BCUT2D eigenvalue weighted by Gasteiger charge is 2.52. The summed E-state index contributed by atoms with van der Waals surface area (Å²) in [6.07, 6.45) is 3.72. The van der Waals surface area contributed by atoms with Gasteiger partial charge in [0.2, 0.25) is 0 Å². The number of nitrogens with zero attached hydrogens (tertiary/aromatic N) is 4. The summed E-state index contributed by atoms with van der Waals surface area (Å²) in [5.41, 5.74) is 9.38. The van der Waals surface area contributed by atoms with E-state index in [-0.39, 0.29) is 19.4 Å². The zero-order valence-corrected chi connectivity index (χ0v) is 44.9. The summed E-state index contributed by atoms with van der Waals surface area (Å²) in [7, 11) is 0.244. The van der Waals surface area contributed by atoms with Crippen molar-refractivity contribution in [3.8, 4) is 11.3 Å². The molecule has 12 nitrogen and oxygen atoms in total. The van der Waals surface area contributed by atoms with Crippen molar-refractivity contribution in [2.45, 2.75) is 153 Å². The summed E-state index contributed by atoms with van der Waals surface area (Å²) in [6, 6.07) is 10.0. The molecule has 0 unspecified atom stereocenters. The van der Waals surface area contributed by atoms with Crippen LogP contribution < -0.4 is 5.46 Å². The molecule has 0 radical (unpaired) electrons. The van der Waals surface area contributed by atoms with Crippen molar-refractivity contribution in [3.05, 3.63) is 84.9 Å². The van der Waals surface area contributed by atoms with Crippen molar-refractivity contribution in [1.82, 2.24) is 19.6 Å². The number of methoxy groups -OCH3 is 2. The molecule has 0 aliphatic carbocycles. The lowest BCUT2D eigenvalue weighted by molar-refractivity contribution is 0.00578. The van der Waals surface area contributed by atoms with Crippen LogP contribution >= 0.6 is 22.6 Å². The summed E-state index contributed by atoms with van der Waals surface area (Å²) in [5.74, 6) is -0.663. The average Bonchev–Trinajstić information content (AvgIpc) is 3.76. The number of benzene rings is 2. The molecule has 0 amide bonds. The molecule has 350 valence electrons. The van der Waals surface area contributed by atoms with Gasteiger partial charge in [-0.05, 0) is 144 Å². The first kappa shape index (κ1) is 56.0. The Hall–Kier alpha value is -3.13. The van der Waals surface area contributed by atoms with Crippen molar-refractivity contribution >= 4 is 63.3 Å². The van der Waals surface area contributed by atoms with Crippen LogP contribution in [0.3, 0.4) is 0 Å². The van der Waals surface area contributed by atoms with Crippen LogP contribution in [0.2, 0.25) is 51.4 Å². The maximum absolute atomic E-state index is 12.1. The van der Waals surface area contributed by atoms with E-state index in [1.807, 2.05) is 108 Å². The fourth-order valence-corrected chi connectivity index (χ4v) is 8.32. The molecule has 2 aromatic heterocycles. The third kappa shape index (κ3) is 15.8. The molecule has 0 saturated carbocycles. The molecule has 1 fully saturated rings. The van der Waals surface area contributed by atoms with Gasteiger partial charge in [0.15, 0.2) is 0 Å². The van der Waals surface area contributed by atoms with Crippen molar-refractivity contribution in [3.63, 3.8) is 0 Å². The molecule has 0 atom stereocenters. The van der Waals surface area contributed by atoms with Gasteiger partial charge in [-0.15, -0.1) is 0 Å². The predicted octanol–water partition coefficient (Wildman–Crippen LogP) is 10.7. The summed E-state index contributed by atoms with van der Waals surface area (Å²) >= 11 is 2.30. The van der Waals surface area contributed by atoms with Crippen LogP contribution in [0.5, 0.6) is 0 Å². The number of rotatable bonds is 14. The molecular weight excluding hydrogens is 942 g/mol. The number of hydrogen-bond donors (Lipinski definition) is 0. The number of carbonyl (C=O) groups excluding carboxylic acids is 2. The first-order chi connectivity index (χ1) is 28.6. The third-order valence-corrected chi connectivity index (χ3v) is 16.0. The van der Waals surface area contributed by atoms with Crippen LogP contribution in [0, 0.1) is 45.2 Å². The molecular formula is C47H76BIN4O8Si2. The highest BCUT2D eigenvalue weighted by Crippen LogP contribution is 2.37. The summed E-state index contributed by atoms with van der Waals surface area (Å²) in [5, 5.41) is 8.72. The lowest BCUT2D eigenvalue weighted by atomic mass is 9.75. The van der Waals surface area contributed by atoms with E-state index in [9.17, 15) is 9.59 Å². The molecule has 0 spiro atoms. The number of aromatic nitrogens is 4. The smallest absolute Gasteiger partial charge is 0.465 e. The van der Waals surface area contributed by atoms with Crippen molar-refractivity contribution < 1.29 is 37.8 Å². The molecule has 1 aliphatic rings. The maximum Gasteiger partial charge on any atom is 0.495 e. The molecule has 4 aromatic rings. The summed E-state index contributed by atoms with van der Waals surface area (Å²) in [6.45, 7) is 36.7. The number of ether oxygens (including phenoxy) is 4. The fraction of sp³-hybridized carbons (Fsp3) is 0.574. The Labute approximate surface area is 394 Å². The minimum absolute atomic E-state index is 0. The average molecular weight is 1020 g/mol. The number of hydrogen-bond acceptors (Lipinski definition) is 10. The standard InChI is InChI=1S/C20H30N2O3Si.C16H23BO4.C10H19IN2OSi.CH4/c1-14-10-15(2)18(20(23)24-4)11-17(14)19-16(3)12-21-22(19)13-25-8-9-26(5,6)7;1-10-8-11(2)13(9-12(10)14(18)19-7)17-20-15(3,4)16(5,6)21-17;1-9-7-12-13(10(9)11)8-14-5-6-15(2,3)4;/h10-12H,8-9,13H2,1-7H3;8-9H,1-7H3;7H,5-6,8H2,1-4H3;1H4. The van der Waals surface area contributed by atoms with E-state index in [1.165, 1.54) is 29.5 Å². The molecule has 0 bridgehead atoms. The Morgan fingerprint density at radius 3 is 1.52 bits per heavy atom. The van der Waals surface area contributed by atoms with Gasteiger partial charge in [-0.2, -0.15) is 10.2 Å². The topological polar surface area (TPSA) is 125 Å². The molecule has 63 heavy (non-hydrogen) atoms. The number of halogens is 1. The minimum Gasteiger partial charge on any atom is -0.465 e. The van der Waals surface area contributed by atoms with Gasteiger partial charge in [-0.25, -0.2) is 19.0 Å². The van der Waals surface area contributed by atoms with Crippen molar-refractivity contribution in [2.75, 3.05) is 27.4 Å². The van der Waals surface area contributed by atoms with Crippen LogP contribution in [-0.2, 0) is 41.7 Å². The van der Waals surface area contributed by atoms with Crippen LogP contribution in [0.15, 0.2) is 36.7 Å². The summed E-state index contributed by atoms with van der Waals surface area (Å²) in [4.78, 5) is 23.9. The van der Waals surface area contributed by atoms with Gasteiger partial charge in [0.05, 0.1) is 54.6 Å². The maximum atomic E-state index is 12.1. The minimum atomic E-state index is -1.11. The van der Waals surface area contributed by atoms with E-state index in [0.29, 0.717) is 24.6 Å².